The Balaban J connectivity index is 1.29. The molecule has 0 aromatic heterocycles. The van der Waals surface area contributed by atoms with Gasteiger partial charge >= 0.3 is 5.97 Å². The van der Waals surface area contributed by atoms with Gasteiger partial charge in [-0.2, -0.15) is 0 Å². The minimum Gasteiger partial charge on any atom is -0.489 e. The summed E-state index contributed by atoms with van der Waals surface area (Å²) in [6.07, 6.45) is 0. The summed E-state index contributed by atoms with van der Waals surface area (Å²) in [6.45, 7) is 7.52. The van der Waals surface area contributed by atoms with Crippen molar-refractivity contribution in [2.45, 2.75) is 39.5 Å². The lowest BCUT2D eigenvalue weighted by Gasteiger charge is -2.21. The average Bonchev–Trinajstić information content (AvgIpc) is 2.91. The van der Waals surface area contributed by atoms with Gasteiger partial charge < -0.3 is 19.3 Å². The maximum absolute atomic E-state index is 11.3. The summed E-state index contributed by atoms with van der Waals surface area (Å²) in [5.41, 5.74) is 4.57. The highest BCUT2D eigenvalue weighted by Gasteiger charge is 2.25. The Bertz CT molecular complexity index is 1460. The molecule has 1 aliphatic heterocycles. The number of fused-ring (bicyclic) bond motifs is 2. The molecule has 0 saturated heterocycles. The Labute approximate surface area is 216 Å². The number of benzene rings is 4. The number of ether oxygens (including phenoxy) is 3. The predicted octanol–water partition coefficient (Wildman–Crippen LogP) is 6.12. The van der Waals surface area contributed by atoms with E-state index >= 15 is 0 Å². The molecule has 0 aliphatic carbocycles. The van der Waals surface area contributed by atoms with E-state index < -0.39 is 11.5 Å². The first-order chi connectivity index (χ1) is 17.8. The van der Waals surface area contributed by atoms with Crippen molar-refractivity contribution in [3.8, 4) is 28.4 Å². The van der Waals surface area contributed by atoms with E-state index in [2.05, 4.69) is 42.6 Å². The zero-order valence-corrected chi connectivity index (χ0v) is 21.3. The van der Waals surface area contributed by atoms with Crippen LogP contribution in [0.5, 0.6) is 17.2 Å². The quantitative estimate of drug-likeness (QED) is 0.306. The molecule has 0 bridgehead atoms. The third kappa shape index (κ3) is 5.39. The van der Waals surface area contributed by atoms with E-state index in [0.717, 1.165) is 50.3 Å². The number of hydrogen-bond acceptors (Lipinski definition) is 5. The molecule has 0 radical (unpaired) electrons. The van der Waals surface area contributed by atoms with Gasteiger partial charge in [0.25, 0.3) is 0 Å². The van der Waals surface area contributed by atoms with E-state index in [-0.39, 0.29) is 0 Å². The summed E-state index contributed by atoms with van der Waals surface area (Å²) in [5, 5.41) is 14.5. The van der Waals surface area contributed by atoms with Gasteiger partial charge in [-0.3, -0.25) is 10.1 Å². The second-order valence-corrected chi connectivity index (χ2v) is 9.86. The molecule has 2 N–H and O–H groups in total. The Morgan fingerprint density at radius 3 is 2.51 bits per heavy atom. The molecule has 0 spiro atoms. The van der Waals surface area contributed by atoms with Crippen LogP contribution in [0.15, 0.2) is 72.8 Å². The lowest BCUT2D eigenvalue weighted by molar-refractivity contribution is -0.143. The van der Waals surface area contributed by atoms with Crippen LogP contribution in [-0.4, -0.2) is 29.8 Å². The highest BCUT2D eigenvalue weighted by Crippen LogP contribution is 2.36. The van der Waals surface area contributed by atoms with Crippen LogP contribution < -0.4 is 19.5 Å². The molecule has 37 heavy (non-hydrogen) atoms. The van der Waals surface area contributed by atoms with E-state index in [1.54, 1.807) is 13.8 Å². The zero-order chi connectivity index (χ0) is 26.0. The van der Waals surface area contributed by atoms with Crippen LogP contribution >= 0.6 is 0 Å². The third-order valence-corrected chi connectivity index (χ3v) is 6.84. The van der Waals surface area contributed by atoms with Gasteiger partial charge in [0.2, 0.25) is 0 Å². The molecular weight excluding hydrogens is 466 g/mol. The second kappa shape index (κ2) is 10.1. The van der Waals surface area contributed by atoms with Crippen molar-refractivity contribution in [1.29, 1.82) is 0 Å². The molecule has 1 heterocycles. The molecular formula is C31H31NO5. The summed E-state index contributed by atoms with van der Waals surface area (Å²) in [7, 11) is 0. The van der Waals surface area contributed by atoms with Gasteiger partial charge in [-0.1, -0.05) is 42.5 Å². The summed E-state index contributed by atoms with van der Waals surface area (Å²) in [4.78, 5) is 11.3. The highest BCUT2D eigenvalue weighted by molar-refractivity contribution is 5.84. The Hall–Kier alpha value is -4.03. The van der Waals surface area contributed by atoms with Gasteiger partial charge in [0.15, 0.2) is 11.5 Å². The molecule has 0 unspecified atom stereocenters. The average molecular weight is 498 g/mol. The molecule has 6 nitrogen and oxygen atoms in total. The van der Waals surface area contributed by atoms with Crippen LogP contribution in [0, 0.1) is 6.92 Å². The Kier molecular flexibility index (Phi) is 6.76. The molecule has 0 saturated carbocycles. The SMILES string of the molecule is Cc1c(COc2ccc3cc(CNC(C)(C)C(=O)O)ccc3c2)cccc1-c1ccc2c(c1)OCCO2. The summed E-state index contributed by atoms with van der Waals surface area (Å²) in [6, 6.07) is 24.5. The van der Waals surface area contributed by atoms with Crippen molar-refractivity contribution in [3.05, 3.63) is 89.5 Å². The largest absolute Gasteiger partial charge is 0.489 e. The minimum atomic E-state index is -0.982. The van der Waals surface area contributed by atoms with E-state index in [4.69, 9.17) is 14.2 Å². The first-order valence-corrected chi connectivity index (χ1v) is 12.4. The number of carboxylic acid groups (broad SMARTS) is 1. The molecule has 5 rings (SSSR count). The molecule has 0 fully saturated rings. The van der Waals surface area contributed by atoms with Gasteiger partial charge in [-0.05, 0) is 89.7 Å². The normalized spacial score (nSPS) is 12.9. The topological polar surface area (TPSA) is 77.0 Å². The number of nitrogens with one attached hydrogen (secondary N) is 1. The number of hydrogen-bond donors (Lipinski definition) is 2. The molecule has 6 heteroatoms. The lowest BCUT2D eigenvalue weighted by atomic mass is 9.96. The van der Waals surface area contributed by atoms with E-state index in [1.165, 1.54) is 5.56 Å². The molecule has 190 valence electrons. The standard InChI is InChI=1S/C31H31NO5/c1-20-25(5-4-6-27(20)24-10-12-28-29(17-24)36-14-13-35-28)19-37-26-11-9-22-15-21(7-8-23(22)16-26)18-32-31(2,3)30(33)34/h4-12,15-17,32H,13-14,18-19H2,1-3H3,(H,33,34). The molecule has 1 aliphatic rings. The zero-order valence-electron chi connectivity index (χ0n) is 21.3. The first kappa shape index (κ1) is 24.7. The monoisotopic (exact) mass is 497 g/mol. The number of carboxylic acids is 1. The summed E-state index contributed by atoms with van der Waals surface area (Å²) < 4.78 is 17.6. The number of carbonyl (C=O) groups is 1. The van der Waals surface area contributed by atoms with E-state index in [0.29, 0.717) is 26.4 Å². The lowest BCUT2D eigenvalue weighted by Crippen LogP contribution is -2.46. The fraction of sp³-hybridized carbons (Fsp3) is 0.258. The smallest absolute Gasteiger partial charge is 0.323 e. The Morgan fingerprint density at radius 2 is 1.70 bits per heavy atom. The van der Waals surface area contributed by atoms with Gasteiger partial charge in [-0.15, -0.1) is 0 Å². The van der Waals surface area contributed by atoms with Crippen molar-refractivity contribution >= 4 is 16.7 Å². The van der Waals surface area contributed by atoms with Crippen molar-refractivity contribution < 1.29 is 24.1 Å². The molecule has 4 aromatic carbocycles. The second-order valence-electron chi connectivity index (χ2n) is 9.86. The van der Waals surface area contributed by atoms with Crippen LogP contribution in [0.2, 0.25) is 0 Å². The molecule has 0 atom stereocenters. The summed E-state index contributed by atoms with van der Waals surface area (Å²) >= 11 is 0. The predicted molar refractivity (Wildman–Crippen MR) is 144 cm³/mol. The minimum absolute atomic E-state index is 0.460. The highest BCUT2D eigenvalue weighted by atomic mass is 16.6. The van der Waals surface area contributed by atoms with Crippen LogP contribution in [-0.2, 0) is 17.9 Å². The molecule has 4 aromatic rings. The van der Waals surface area contributed by atoms with Gasteiger partial charge in [0, 0.05) is 6.54 Å². The van der Waals surface area contributed by atoms with Crippen molar-refractivity contribution in [3.63, 3.8) is 0 Å². The maximum Gasteiger partial charge on any atom is 0.323 e. The van der Waals surface area contributed by atoms with Gasteiger partial charge in [0.05, 0.1) is 0 Å². The fourth-order valence-corrected chi connectivity index (χ4v) is 4.40. The first-order valence-electron chi connectivity index (χ1n) is 12.4. The van der Waals surface area contributed by atoms with Crippen LogP contribution in [0.25, 0.3) is 21.9 Å². The third-order valence-electron chi connectivity index (χ3n) is 6.84. The van der Waals surface area contributed by atoms with Crippen molar-refractivity contribution in [2.75, 3.05) is 13.2 Å². The maximum atomic E-state index is 11.3. The number of rotatable bonds is 8. The number of aliphatic carboxylic acids is 1. The fourth-order valence-electron chi connectivity index (χ4n) is 4.40. The van der Waals surface area contributed by atoms with Crippen LogP contribution in [0.1, 0.15) is 30.5 Å². The van der Waals surface area contributed by atoms with Crippen LogP contribution in [0.4, 0.5) is 0 Å². The van der Waals surface area contributed by atoms with Gasteiger partial charge in [0.1, 0.15) is 31.1 Å². The van der Waals surface area contributed by atoms with Crippen LogP contribution in [0.3, 0.4) is 0 Å². The van der Waals surface area contributed by atoms with E-state index in [1.807, 2.05) is 42.5 Å². The summed E-state index contributed by atoms with van der Waals surface area (Å²) in [5.74, 6) is 1.50. The Morgan fingerprint density at radius 1 is 0.946 bits per heavy atom. The van der Waals surface area contributed by atoms with Crippen molar-refractivity contribution in [1.82, 2.24) is 5.32 Å². The van der Waals surface area contributed by atoms with Crippen molar-refractivity contribution in [2.24, 2.45) is 0 Å². The molecule has 0 amide bonds. The van der Waals surface area contributed by atoms with Gasteiger partial charge in [-0.25, -0.2) is 0 Å². The van der Waals surface area contributed by atoms with E-state index in [9.17, 15) is 9.90 Å².